The number of alkyl halides is 2. The number of carbonyl (C=O) groups is 1. The van der Waals surface area contributed by atoms with Crippen LogP contribution in [0.3, 0.4) is 0 Å². The average Bonchev–Trinajstić information content (AvgIpc) is 3.47. The number of nitrogens with zero attached hydrogens (tertiary/aromatic N) is 6. The van der Waals surface area contributed by atoms with Crippen molar-refractivity contribution in [2.45, 2.75) is 50.8 Å². The Morgan fingerprint density at radius 3 is 2.44 bits per heavy atom. The molecule has 13 heteroatoms. The maximum atomic E-state index is 13.5. The van der Waals surface area contributed by atoms with Crippen molar-refractivity contribution in [1.29, 1.82) is 0 Å². The van der Waals surface area contributed by atoms with Gasteiger partial charge in [0.15, 0.2) is 5.65 Å². The number of benzene rings is 1. The first-order chi connectivity index (χ1) is 18.5. The van der Waals surface area contributed by atoms with Gasteiger partial charge in [-0.15, -0.1) is 5.10 Å². The molecule has 3 aromatic heterocycles. The summed E-state index contributed by atoms with van der Waals surface area (Å²) in [4.78, 5) is 31.8. The van der Waals surface area contributed by atoms with E-state index in [1.165, 1.54) is 27.9 Å². The summed E-state index contributed by atoms with van der Waals surface area (Å²) in [7, 11) is 0. The van der Waals surface area contributed by atoms with Crippen molar-refractivity contribution >= 4 is 16.9 Å². The quantitative estimate of drug-likeness (QED) is 0.359. The average molecular weight is 547 g/mol. The highest BCUT2D eigenvalue weighted by Crippen LogP contribution is 2.27. The lowest BCUT2D eigenvalue weighted by atomic mass is 9.91. The predicted molar refractivity (Wildman–Crippen MR) is 133 cm³/mol. The van der Waals surface area contributed by atoms with E-state index in [-0.39, 0.29) is 43.9 Å². The molecule has 0 radical (unpaired) electrons. The predicted octanol–water partition coefficient (Wildman–Crippen LogP) is 3.22. The van der Waals surface area contributed by atoms with Crippen LogP contribution in [-0.4, -0.2) is 64.9 Å². The summed E-state index contributed by atoms with van der Waals surface area (Å²) in [6.45, 7) is 1.94. The fourth-order valence-electron chi connectivity index (χ4n) is 5.02. The molecule has 1 fully saturated rings. The molecule has 4 aromatic rings. The summed E-state index contributed by atoms with van der Waals surface area (Å²) in [5.41, 5.74) is 0.0959. The van der Waals surface area contributed by atoms with Crippen LogP contribution in [0.5, 0.6) is 0 Å². The second-order valence-electron chi connectivity index (χ2n) is 9.84. The highest BCUT2D eigenvalue weighted by molar-refractivity contribution is 5.78. The molecule has 9 nitrogen and oxygen atoms in total. The third-order valence-corrected chi connectivity index (χ3v) is 7.16. The molecule has 206 valence electrons. The smallest absolute Gasteiger partial charge is 0.262 e. The Kier molecular flexibility index (Phi) is 7.02. The molecule has 1 atom stereocenters. The summed E-state index contributed by atoms with van der Waals surface area (Å²) in [5.74, 6) is -1.86. The van der Waals surface area contributed by atoms with E-state index in [1.54, 1.807) is 29.7 Å². The number of aromatic nitrogens is 5. The van der Waals surface area contributed by atoms with E-state index < -0.39 is 36.3 Å². The lowest BCUT2D eigenvalue weighted by Crippen LogP contribution is -2.50. The van der Waals surface area contributed by atoms with Crippen LogP contribution in [0, 0.1) is 18.7 Å². The first-order valence-electron chi connectivity index (χ1n) is 12.4. The van der Waals surface area contributed by atoms with E-state index in [9.17, 15) is 32.3 Å². The highest BCUT2D eigenvalue weighted by Gasteiger charge is 2.36. The summed E-state index contributed by atoms with van der Waals surface area (Å²) < 4.78 is 57.4. The summed E-state index contributed by atoms with van der Waals surface area (Å²) >= 11 is 0. The Morgan fingerprint density at radius 1 is 1.13 bits per heavy atom. The molecule has 4 heterocycles. The second kappa shape index (κ2) is 10.3. The van der Waals surface area contributed by atoms with Crippen LogP contribution < -0.4 is 5.56 Å². The van der Waals surface area contributed by atoms with Crippen LogP contribution in [0.15, 0.2) is 53.7 Å². The third kappa shape index (κ3) is 5.31. The first kappa shape index (κ1) is 26.6. The maximum Gasteiger partial charge on any atom is 0.262 e. The fraction of sp³-hybridized carbons (Fsp3) is 0.385. The van der Waals surface area contributed by atoms with Crippen molar-refractivity contribution in [3.8, 4) is 5.69 Å². The zero-order valence-electron chi connectivity index (χ0n) is 21.0. The van der Waals surface area contributed by atoms with E-state index in [1.807, 2.05) is 0 Å². The minimum Gasteiger partial charge on any atom is -0.388 e. The number of amides is 1. The Hall–Kier alpha value is -4.00. The zero-order valence-corrected chi connectivity index (χ0v) is 21.0. The number of hydrogen-bond acceptors (Lipinski definition) is 5. The van der Waals surface area contributed by atoms with Gasteiger partial charge in [0.05, 0.1) is 24.0 Å². The summed E-state index contributed by atoms with van der Waals surface area (Å²) in [6, 6.07) is 6.82. The van der Waals surface area contributed by atoms with Crippen LogP contribution in [0.4, 0.5) is 17.6 Å². The SMILES string of the molecule is Cc1cc2c(=O)n(CC3(O)CCN(C(=O)CC(C(F)F)n4ccc(F)n4)CC3)cnc2n1-c1ccc(F)cc1. The Labute approximate surface area is 219 Å². The molecule has 5 rings (SSSR count). The summed E-state index contributed by atoms with van der Waals surface area (Å²) in [5, 5.41) is 14.9. The van der Waals surface area contributed by atoms with E-state index >= 15 is 0 Å². The second-order valence-corrected chi connectivity index (χ2v) is 9.84. The number of aryl methyl sites for hydroxylation is 1. The molecule has 1 aromatic carbocycles. The van der Waals surface area contributed by atoms with Crippen molar-refractivity contribution in [2.75, 3.05) is 13.1 Å². The number of piperidine rings is 1. The Morgan fingerprint density at radius 2 is 1.82 bits per heavy atom. The van der Waals surface area contributed by atoms with Crippen LogP contribution in [0.2, 0.25) is 0 Å². The van der Waals surface area contributed by atoms with Crippen molar-refractivity contribution in [3.05, 3.63) is 76.7 Å². The first-order valence-corrected chi connectivity index (χ1v) is 12.4. The molecule has 0 spiro atoms. The standard InChI is InChI=1S/C26H26F4N6O3/c1-16-12-19-24(36(16)18-4-2-17(27)3-5-18)31-15-34(25(19)38)14-26(39)7-10-33(11-8-26)22(37)13-20(23(29)30)35-9-6-21(28)32-35/h2-6,9,12,15,20,23,39H,7-8,10-11,13-14H2,1H3. The molecule has 1 N–H and O–H groups in total. The van der Waals surface area contributed by atoms with Crippen LogP contribution in [0.1, 0.15) is 31.0 Å². The van der Waals surface area contributed by atoms with Crippen LogP contribution in [0.25, 0.3) is 16.7 Å². The normalized spacial score (nSPS) is 16.2. The van der Waals surface area contributed by atoms with Gasteiger partial charge in [-0.05, 0) is 50.1 Å². The minimum atomic E-state index is -2.93. The maximum absolute atomic E-state index is 13.5. The molecular weight excluding hydrogens is 520 g/mol. The topological polar surface area (TPSA) is 98.2 Å². The molecule has 39 heavy (non-hydrogen) atoms. The number of hydrogen-bond donors (Lipinski definition) is 1. The number of halogens is 4. The largest absolute Gasteiger partial charge is 0.388 e. The molecule has 1 unspecified atom stereocenters. The van der Waals surface area contributed by atoms with E-state index in [0.717, 1.165) is 22.6 Å². The van der Waals surface area contributed by atoms with Crippen molar-refractivity contribution in [3.63, 3.8) is 0 Å². The van der Waals surface area contributed by atoms with Gasteiger partial charge in [-0.1, -0.05) is 0 Å². The molecule has 1 saturated heterocycles. The fourth-order valence-corrected chi connectivity index (χ4v) is 5.02. The molecule has 0 bridgehead atoms. The molecule has 1 amide bonds. The highest BCUT2D eigenvalue weighted by atomic mass is 19.3. The van der Waals surface area contributed by atoms with Gasteiger partial charge in [0.1, 0.15) is 18.2 Å². The number of likely N-dealkylation sites (tertiary alicyclic amines) is 1. The van der Waals surface area contributed by atoms with Gasteiger partial charge < -0.3 is 10.0 Å². The Balaban J connectivity index is 1.28. The van der Waals surface area contributed by atoms with Crippen molar-refractivity contribution < 1.29 is 27.5 Å². The molecule has 1 aliphatic heterocycles. The molecule has 0 aliphatic carbocycles. The Bertz CT molecular complexity index is 1550. The van der Waals surface area contributed by atoms with Crippen molar-refractivity contribution in [2.24, 2.45) is 0 Å². The number of aliphatic hydroxyl groups is 1. The van der Waals surface area contributed by atoms with Gasteiger partial charge in [-0.3, -0.25) is 23.4 Å². The lowest BCUT2D eigenvalue weighted by Gasteiger charge is -2.38. The zero-order chi connectivity index (χ0) is 27.9. The van der Waals surface area contributed by atoms with Crippen molar-refractivity contribution in [1.82, 2.24) is 28.8 Å². The van der Waals surface area contributed by atoms with Crippen LogP contribution >= 0.6 is 0 Å². The van der Waals surface area contributed by atoms with Gasteiger partial charge in [0.25, 0.3) is 12.0 Å². The minimum absolute atomic E-state index is 0.0657. The summed E-state index contributed by atoms with van der Waals surface area (Å²) in [6.07, 6.45) is -0.849. The van der Waals surface area contributed by atoms with E-state index in [4.69, 9.17) is 0 Å². The molecule has 0 saturated carbocycles. The van der Waals surface area contributed by atoms with E-state index in [2.05, 4.69) is 10.1 Å². The number of rotatable bonds is 7. The monoisotopic (exact) mass is 546 g/mol. The lowest BCUT2D eigenvalue weighted by molar-refractivity contribution is -0.138. The third-order valence-electron chi connectivity index (χ3n) is 7.16. The van der Waals surface area contributed by atoms with Gasteiger partial charge in [0, 0.05) is 36.7 Å². The van der Waals surface area contributed by atoms with E-state index in [0.29, 0.717) is 16.7 Å². The van der Waals surface area contributed by atoms with Crippen LogP contribution in [-0.2, 0) is 11.3 Å². The number of fused-ring (bicyclic) bond motifs is 1. The number of carbonyl (C=O) groups excluding carboxylic acids is 1. The van der Waals surface area contributed by atoms with Gasteiger partial charge >= 0.3 is 0 Å². The van der Waals surface area contributed by atoms with Gasteiger partial charge in [0.2, 0.25) is 11.9 Å². The van der Waals surface area contributed by atoms with Gasteiger partial charge in [-0.2, -0.15) is 4.39 Å². The van der Waals surface area contributed by atoms with Gasteiger partial charge in [-0.25, -0.2) is 18.2 Å². The molecule has 1 aliphatic rings. The molecular formula is C26H26F4N6O3.